The van der Waals surface area contributed by atoms with E-state index in [1.54, 1.807) is 24.3 Å². The van der Waals surface area contributed by atoms with Gasteiger partial charge in [0.15, 0.2) is 28.7 Å². The van der Waals surface area contributed by atoms with Crippen molar-refractivity contribution in [3.8, 4) is 0 Å². The van der Waals surface area contributed by atoms with Crippen molar-refractivity contribution in [3.63, 3.8) is 0 Å². The largest absolute Gasteiger partial charge is 0.481 e. The van der Waals surface area contributed by atoms with Gasteiger partial charge in [0, 0.05) is 63.0 Å². The summed E-state index contributed by atoms with van der Waals surface area (Å²) in [5.74, 6) is -9.48. The van der Waals surface area contributed by atoms with E-state index in [4.69, 9.17) is 17.2 Å². The van der Waals surface area contributed by atoms with Crippen LogP contribution >= 0.6 is 0 Å². The number of ketones is 2. The lowest BCUT2D eigenvalue weighted by Gasteiger charge is -2.23. The number of aliphatic carboxylic acids is 2. The molecule has 0 bridgehead atoms. The van der Waals surface area contributed by atoms with Crippen molar-refractivity contribution in [2.45, 2.75) is 77.4 Å². The van der Waals surface area contributed by atoms with Crippen LogP contribution in [0, 0.1) is 11.8 Å². The minimum absolute atomic E-state index is 0.0145. The number of aromatic nitrogens is 4. The predicted molar refractivity (Wildman–Crippen MR) is 222 cm³/mol. The molecule has 62 heavy (non-hydrogen) atoms. The summed E-state index contributed by atoms with van der Waals surface area (Å²) < 4.78 is 0. The van der Waals surface area contributed by atoms with Gasteiger partial charge in [0.1, 0.15) is 0 Å². The number of carbonyl (C=O) groups is 8. The van der Waals surface area contributed by atoms with Crippen molar-refractivity contribution in [2.75, 3.05) is 30.7 Å². The Morgan fingerprint density at radius 2 is 1.58 bits per heavy atom. The average Bonchev–Trinajstić information content (AvgIpc) is 3.20. The van der Waals surface area contributed by atoms with Crippen molar-refractivity contribution in [3.05, 3.63) is 52.1 Å². The number of nitrogens with one attached hydrogen (secondary N) is 6. The minimum atomic E-state index is -1.65. The summed E-state index contributed by atoms with van der Waals surface area (Å²) in [6.45, 7) is 2.58. The number of hydrogen-bond donors (Lipinski definition) is 11. The van der Waals surface area contributed by atoms with E-state index >= 15 is 0 Å². The second-order valence-electron chi connectivity index (χ2n) is 14.2. The number of Topliss-reactive ketones (excluding diaryl/α,β-unsaturated/α-hetero) is 2. The Kier molecular flexibility index (Phi) is 18.8. The molecule has 0 radical (unpaired) electrons. The van der Waals surface area contributed by atoms with E-state index in [0.29, 0.717) is 16.9 Å². The normalized spacial score (nSPS) is 12.7. The van der Waals surface area contributed by atoms with E-state index in [1.165, 1.54) is 13.1 Å². The molecule has 0 saturated carbocycles. The van der Waals surface area contributed by atoms with Gasteiger partial charge in [0.2, 0.25) is 23.7 Å². The summed E-state index contributed by atoms with van der Waals surface area (Å²) in [5, 5.41) is 32.0. The molecule has 1 aromatic carbocycles. The van der Waals surface area contributed by atoms with Gasteiger partial charge < -0.3 is 54.0 Å². The summed E-state index contributed by atoms with van der Waals surface area (Å²) in [7, 11) is 0. The van der Waals surface area contributed by atoms with E-state index in [9.17, 15) is 53.4 Å². The Bertz CT molecular complexity index is 2210. The molecule has 24 heteroatoms. The molecule has 0 spiro atoms. The van der Waals surface area contributed by atoms with Gasteiger partial charge in [-0.1, -0.05) is 0 Å². The first-order valence-corrected chi connectivity index (χ1v) is 19.4. The summed E-state index contributed by atoms with van der Waals surface area (Å²) >= 11 is 0. The number of amides is 4. The maximum Gasteiger partial charge on any atom is 0.308 e. The highest BCUT2D eigenvalue weighted by Gasteiger charge is 2.32. The summed E-state index contributed by atoms with van der Waals surface area (Å²) in [4.78, 5) is 130. The lowest BCUT2D eigenvalue weighted by molar-refractivity contribution is -0.144. The highest BCUT2D eigenvalue weighted by molar-refractivity contribution is 5.97. The standard InChI is InChI=1S/C38H51N13O11/c1-19(27(53)13-22(5-3-12-43-37(39)40)34(59)49-26(15-30(56)57)28(54)14-23(36(61)62)16-44-20(2)52)47-29(55)6-4-11-42-33(58)21-7-9-24(10-8-21)45-17-25-18-46-32-31(48-25)35(60)51-38(41)50-32/h7-10,18-19,22-23,26,45H,3-6,11-17H2,1-2H3,(H,42,58)(H,44,52)(H,47,55)(H,49,59)(H,56,57)(H,61,62)(H4,39,40,43)(H3,41,46,50,51,60)/t19-,22+,23-,26-/m0/s1. The van der Waals surface area contributed by atoms with Gasteiger partial charge in [-0.05, 0) is 50.5 Å². The Morgan fingerprint density at radius 3 is 2.23 bits per heavy atom. The Labute approximate surface area is 353 Å². The van der Waals surface area contributed by atoms with E-state index in [-0.39, 0.29) is 68.4 Å². The zero-order valence-electron chi connectivity index (χ0n) is 34.1. The number of anilines is 2. The quantitative estimate of drug-likeness (QED) is 0.0243. The van der Waals surface area contributed by atoms with Crippen LogP contribution in [-0.4, -0.2) is 115 Å². The molecular formula is C38H51N13O11. The Hall–Kier alpha value is -7.53. The molecule has 0 aliphatic rings. The van der Waals surface area contributed by atoms with Crippen molar-refractivity contribution in [2.24, 2.45) is 28.3 Å². The predicted octanol–water partition coefficient (Wildman–Crippen LogP) is -1.69. The number of hydrogen-bond acceptors (Lipinski definition) is 15. The van der Waals surface area contributed by atoms with Gasteiger partial charge in [0.05, 0.1) is 42.9 Å². The highest BCUT2D eigenvalue weighted by Crippen LogP contribution is 2.17. The molecule has 4 amide bonds. The maximum absolute atomic E-state index is 13.5. The number of benzene rings is 1. The van der Waals surface area contributed by atoms with Crippen molar-refractivity contribution in [1.29, 1.82) is 0 Å². The van der Waals surface area contributed by atoms with Gasteiger partial charge >= 0.3 is 11.9 Å². The number of guanidine groups is 1. The van der Waals surface area contributed by atoms with Crippen molar-refractivity contribution in [1.82, 2.24) is 41.2 Å². The number of aromatic amines is 1. The van der Waals surface area contributed by atoms with Gasteiger partial charge in [-0.3, -0.25) is 53.1 Å². The summed E-state index contributed by atoms with van der Waals surface area (Å²) in [5.41, 5.74) is 17.4. The van der Waals surface area contributed by atoms with Crippen LogP contribution in [0.4, 0.5) is 11.6 Å². The fraction of sp³-hybridized carbons (Fsp3) is 0.447. The minimum Gasteiger partial charge on any atom is -0.481 e. The van der Waals surface area contributed by atoms with Gasteiger partial charge in [-0.25, -0.2) is 9.97 Å². The van der Waals surface area contributed by atoms with Crippen molar-refractivity contribution >= 4 is 75.9 Å². The third-order valence-electron chi connectivity index (χ3n) is 9.14. The molecule has 0 saturated heterocycles. The number of nitrogen functional groups attached to an aromatic ring is 1. The smallest absolute Gasteiger partial charge is 0.308 e. The first-order valence-electron chi connectivity index (χ1n) is 19.4. The Morgan fingerprint density at radius 1 is 0.887 bits per heavy atom. The van der Waals surface area contributed by atoms with Gasteiger partial charge in [0.25, 0.3) is 11.5 Å². The zero-order chi connectivity index (χ0) is 45.9. The number of carboxylic acid groups (broad SMARTS) is 2. The third kappa shape index (κ3) is 16.6. The molecule has 3 rings (SSSR count). The van der Waals surface area contributed by atoms with Crippen LogP contribution in [0.3, 0.4) is 0 Å². The molecule has 0 aliphatic carbocycles. The van der Waals surface area contributed by atoms with E-state index in [0.717, 1.165) is 6.92 Å². The number of carboxylic acids is 2. The molecule has 24 nitrogen and oxygen atoms in total. The van der Waals surface area contributed by atoms with Crippen LogP contribution in [-0.2, 0) is 40.1 Å². The lowest BCUT2D eigenvalue weighted by Crippen LogP contribution is -2.47. The number of carbonyl (C=O) groups excluding carboxylic acids is 6. The highest BCUT2D eigenvalue weighted by atomic mass is 16.4. The molecule has 2 heterocycles. The van der Waals surface area contributed by atoms with E-state index < -0.39 is 102 Å². The second-order valence-corrected chi connectivity index (χ2v) is 14.2. The molecule has 334 valence electrons. The third-order valence-corrected chi connectivity index (χ3v) is 9.14. The van der Waals surface area contributed by atoms with Crippen LogP contribution in [0.1, 0.15) is 74.8 Å². The molecule has 4 atom stereocenters. The van der Waals surface area contributed by atoms with Crippen LogP contribution in [0.25, 0.3) is 11.2 Å². The average molecular weight is 866 g/mol. The van der Waals surface area contributed by atoms with Crippen LogP contribution in [0.15, 0.2) is 40.2 Å². The zero-order valence-corrected chi connectivity index (χ0v) is 34.1. The molecule has 14 N–H and O–H groups in total. The van der Waals surface area contributed by atoms with E-state index in [1.807, 2.05) is 0 Å². The lowest BCUT2D eigenvalue weighted by atomic mass is 9.92. The molecular weight excluding hydrogens is 814 g/mol. The SMILES string of the molecule is CC(=O)NC[C@H](CC(=O)[C@H](CC(=O)O)NC(=O)[C@H](CCCN=C(N)N)CC(=O)[C@H](C)NC(=O)CCCNC(=O)c1ccc(NCc2cnc3nc(N)[nH]c(=O)c3n2)cc1)C(=O)O. The fourth-order valence-electron chi connectivity index (χ4n) is 5.83. The van der Waals surface area contributed by atoms with Crippen LogP contribution in [0.2, 0.25) is 0 Å². The number of H-pyrrole nitrogens is 1. The van der Waals surface area contributed by atoms with Crippen LogP contribution in [0.5, 0.6) is 0 Å². The fourth-order valence-corrected chi connectivity index (χ4v) is 5.83. The topological polar surface area (TPSA) is 399 Å². The van der Waals surface area contributed by atoms with Crippen LogP contribution < -0.4 is 49.3 Å². The monoisotopic (exact) mass is 865 g/mol. The van der Waals surface area contributed by atoms with Crippen molar-refractivity contribution < 1.29 is 48.6 Å². The van der Waals surface area contributed by atoms with Gasteiger partial charge in [-0.2, -0.15) is 4.98 Å². The van der Waals surface area contributed by atoms with Gasteiger partial charge in [-0.15, -0.1) is 0 Å². The second kappa shape index (κ2) is 23.9. The molecule has 0 fully saturated rings. The molecule has 3 aromatic rings. The first kappa shape index (κ1) is 48.8. The number of fused-ring (bicyclic) bond motifs is 1. The molecule has 0 unspecified atom stereocenters. The summed E-state index contributed by atoms with van der Waals surface area (Å²) in [6, 6.07) is 3.80. The maximum atomic E-state index is 13.5. The summed E-state index contributed by atoms with van der Waals surface area (Å²) in [6.07, 6.45) is -0.182. The number of aliphatic imine (C=N–C) groups is 1. The number of nitrogens with zero attached hydrogens (tertiary/aromatic N) is 4. The molecule has 0 aliphatic heterocycles. The number of nitrogens with two attached hydrogens (primary N) is 3. The Balaban J connectivity index is 1.50. The van der Waals surface area contributed by atoms with E-state index in [2.05, 4.69) is 51.5 Å². The molecule has 2 aromatic heterocycles. The number of rotatable bonds is 26. The first-order chi connectivity index (χ1) is 29.3.